The van der Waals surface area contributed by atoms with Crippen molar-refractivity contribution in [2.45, 2.75) is 13.8 Å². The van der Waals surface area contributed by atoms with Gasteiger partial charge in [-0.05, 0) is 17.3 Å². The van der Waals surface area contributed by atoms with E-state index in [0.717, 1.165) is 11.0 Å². The molecule has 0 radical (unpaired) electrons. The van der Waals surface area contributed by atoms with Gasteiger partial charge in [0.15, 0.2) is 0 Å². The van der Waals surface area contributed by atoms with E-state index in [-0.39, 0.29) is 0 Å². The summed E-state index contributed by atoms with van der Waals surface area (Å²) >= 11 is 0. The van der Waals surface area contributed by atoms with Gasteiger partial charge in [0.25, 0.3) is 0 Å². The first-order valence-corrected chi connectivity index (χ1v) is 4.21. The molecule has 0 aromatic carbocycles. The minimum absolute atomic E-state index is 0.527. The first-order valence-electron chi connectivity index (χ1n) is 3.63. The third-order valence-corrected chi connectivity index (χ3v) is 1.67. The average Bonchev–Trinajstić information content (AvgIpc) is 1.86. The summed E-state index contributed by atoms with van der Waals surface area (Å²) in [4.78, 5) is 0. The summed E-state index contributed by atoms with van der Waals surface area (Å²) in [5.41, 5.74) is 6.44. The van der Waals surface area contributed by atoms with Crippen LogP contribution >= 0.6 is 9.24 Å². The van der Waals surface area contributed by atoms with Crippen LogP contribution in [0.5, 0.6) is 0 Å². The topological polar surface area (TPSA) is 26.0 Å². The summed E-state index contributed by atoms with van der Waals surface area (Å²) in [6.07, 6.45) is 5.58. The molecule has 62 valence electrons. The van der Waals surface area contributed by atoms with Crippen molar-refractivity contribution in [1.29, 1.82) is 0 Å². The third-order valence-electron chi connectivity index (χ3n) is 1.14. The number of nitrogens with two attached hydrogens (primary N) is 1. The highest BCUT2D eigenvalue weighted by atomic mass is 31.0. The summed E-state index contributed by atoms with van der Waals surface area (Å²) in [7, 11) is 2.61. The van der Waals surface area contributed by atoms with E-state index in [9.17, 15) is 0 Å². The Morgan fingerprint density at radius 3 is 2.45 bits per heavy atom. The molecule has 0 rings (SSSR count). The van der Waals surface area contributed by atoms with Crippen molar-refractivity contribution in [3.05, 3.63) is 35.8 Å². The molecule has 0 heterocycles. The van der Waals surface area contributed by atoms with Crippen LogP contribution in [-0.4, -0.2) is 0 Å². The van der Waals surface area contributed by atoms with Crippen molar-refractivity contribution < 1.29 is 0 Å². The van der Waals surface area contributed by atoms with Gasteiger partial charge in [0.05, 0.1) is 0 Å². The molecule has 2 N–H and O–H groups in total. The zero-order chi connectivity index (χ0) is 8.85. The van der Waals surface area contributed by atoms with E-state index in [1.807, 2.05) is 0 Å². The summed E-state index contributed by atoms with van der Waals surface area (Å²) < 4.78 is 0. The molecular formula is C9H16NP. The van der Waals surface area contributed by atoms with Crippen LogP contribution in [-0.2, 0) is 0 Å². The second kappa shape index (κ2) is 5.15. The lowest BCUT2D eigenvalue weighted by Crippen LogP contribution is -1.97. The molecule has 1 unspecified atom stereocenters. The van der Waals surface area contributed by atoms with Gasteiger partial charge in [-0.1, -0.05) is 32.6 Å². The lowest BCUT2D eigenvalue weighted by atomic mass is 10.2. The van der Waals surface area contributed by atoms with Gasteiger partial charge in [-0.25, -0.2) is 0 Å². The Kier molecular flexibility index (Phi) is 4.89. The Labute approximate surface area is 71.3 Å². The Morgan fingerprint density at radius 2 is 2.09 bits per heavy atom. The Morgan fingerprint density at radius 1 is 1.55 bits per heavy atom. The molecule has 0 fully saturated rings. The SMILES string of the molecule is C=C/C=C(N)\C(P)=C/C(C)C. The van der Waals surface area contributed by atoms with E-state index in [1.54, 1.807) is 12.2 Å². The van der Waals surface area contributed by atoms with Crippen molar-refractivity contribution in [2.24, 2.45) is 11.7 Å². The average molecular weight is 169 g/mol. The minimum Gasteiger partial charge on any atom is -0.398 e. The zero-order valence-electron chi connectivity index (χ0n) is 7.17. The predicted octanol–water partition coefficient (Wildman–Crippen LogP) is 2.43. The molecule has 2 heteroatoms. The third kappa shape index (κ3) is 4.80. The van der Waals surface area contributed by atoms with Crippen molar-refractivity contribution in [2.75, 3.05) is 0 Å². The second-order valence-electron chi connectivity index (χ2n) is 2.72. The molecule has 0 aliphatic rings. The van der Waals surface area contributed by atoms with Crippen LogP contribution in [0.15, 0.2) is 35.8 Å². The van der Waals surface area contributed by atoms with Crippen molar-refractivity contribution in [3.8, 4) is 0 Å². The fourth-order valence-electron chi connectivity index (χ4n) is 0.679. The van der Waals surface area contributed by atoms with Crippen LogP contribution in [0.2, 0.25) is 0 Å². The van der Waals surface area contributed by atoms with E-state index < -0.39 is 0 Å². The number of hydrogen-bond acceptors (Lipinski definition) is 1. The van der Waals surface area contributed by atoms with Crippen LogP contribution in [0.25, 0.3) is 0 Å². The maximum absolute atomic E-state index is 5.68. The van der Waals surface area contributed by atoms with E-state index >= 15 is 0 Å². The zero-order valence-corrected chi connectivity index (χ0v) is 8.33. The van der Waals surface area contributed by atoms with Crippen molar-refractivity contribution in [3.63, 3.8) is 0 Å². The fraction of sp³-hybridized carbons (Fsp3) is 0.333. The van der Waals surface area contributed by atoms with Gasteiger partial charge < -0.3 is 5.73 Å². The Balaban J connectivity index is 4.34. The number of allylic oxidation sites excluding steroid dienone is 4. The van der Waals surface area contributed by atoms with Crippen LogP contribution in [0.1, 0.15) is 13.8 Å². The lowest BCUT2D eigenvalue weighted by molar-refractivity contribution is 0.829. The molecule has 0 aliphatic carbocycles. The summed E-state index contributed by atoms with van der Waals surface area (Å²) in [6, 6.07) is 0. The Hall–Kier alpha value is -0.550. The van der Waals surface area contributed by atoms with E-state index in [1.165, 1.54) is 0 Å². The predicted molar refractivity (Wildman–Crippen MR) is 55.1 cm³/mol. The molecule has 0 saturated heterocycles. The largest absolute Gasteiger partial charge is 0.398 e. The normalized spacial score (nSPS) is 13.8. The highest BCUT2D eigenvalue weighted by molar-refractivity contribution is 7.23. The summed E-state index contributed by atoms with van der Waals surface area (Å²) in [5.74, 6) is 0.527. The lowest BCUT2D eigenvalue weighted by Gasteiger charge is -2.01. The number of hydrogen-bond donors (Lipinski definition) is 1. The van der Waals surface area contributed by atoms with Crippen LogP contribution in [0, 0.1) is 5.92 Å². The van der Waals surface area contributed by atoms with E-state index in [4.69, 9.17) is 5.73 Å². The molecule has 0 spiro atoms. The molecule has 11 heavy (non-hydrogen) atoms. The smallest absolute Gasteiger partial charge is 0.0383 e. The van der Waals surface area contributed by atoms with Gasteiger partial charge in [0.2, 0.25) is 0 Å². The Bertz CT molecular complexity index is 190. The molecule has 1 nitrogen and oxygen atoms in total. The maximum atomic E-state index is 5.68. The molecule has 0 aromatic heterocycles. The molecule has 0 aromatic rings. The van der Waals surface area contributed by atoms with Crippen LogP contribution in [0.3, 0.4) is 0 Å². The fourth-order valence-corrected chi connectivity index (χ4v) is 1.16. The van der Waals surface area contributed by atoms with Crippen LogP contribution < -0.4 is 5.73 Å². The van der Waals surface area contributed by atoms with Crippen molar-refractivity contribution in [1.82, 2.24) is 0 Å². The second-order valence-corrected chi connectivity index (χ2v) is 3.35. The highest BCUT2D eigenvalue weighted by Crippen LogP contribution is 2.15. The van der Waals surface area contributed by atoms with Gasteiger partial charge in [-0.2, -0.15) is 0 Å². The van der Waals surface area contributed by atoms with Crippen LogP contribution in [0.4, 0.5) is 0 Å². The van der Waals surface area contributed by atoms with Gasteiger partial charge in [-0.3, -0.25) is 0 Å². The van der Waals surface area contributed by atoms with Gasteiger partial charge >= 0.3 is 0 Å². The molecular weight excluding hydrogens is 153 g/mol. The first kappa shape index (κ1) is 10.4. The summed E-state index contributed by atoms with van der Waals surface area (Å²) in [6.45, 7) is 7.80. The molecule has 0 bridgehead atoms. The maximum Gasteiger partial charge on any atom is 0.0383 e. The number of rotatable bonds is 3. The summed E-state index contributed by atoms with van der Waals surface area (Å²) in [5, 5.41) is 1.04. The molecule has 0 amide bonds. The quantitative estimate of drug-likeness (QED) is 0.509. The van der Waals surface area contributed by atoms with E-state index in [0.29, 0.717) is 5.92 Å². The first-order chi connectivity index (χ1) is 5.07. The highest BCUT2D eigenvalue weighted by Gasteiger charge is 1.93. The van der Waals surface area contributed by atoms with Gasteiger partial charge in [-0.15, -0.1) is 9.24 Å². The molecule has 0 saturated carbocycles. The van der Waals surface area contributed by atoms with Gasteiger partial charge in [0.1, 0.15) is 0 Å². The monoisotopic (exact) mass is 169 g/mol. The minimum atomic E-state index is 0.527. The molecule has 0 aliphatic heterocycles. The standard InChI is InChI=1S/C9H16NP/c1-4-5-8(10)9(11)6-7(2)3/h4-7H,1,10-11H2,2-3H3/b8-5+,9-6+. The van der Waals surface area contributed by atoms with Crippen molar-refractivity contribution >= 4 is 9.24 Å². The molecule has 1 atom stereocenters. The van der Waals surface area contributed by atoms with E-state index in [2.05, 4.69) is 35.7 Å². The van der Waals surface area contributed by atoms with Gasteiger partial charge in [0, 0.05) is 5.70 Å².